The van der Waals surface area contributed by atoms with E-state index in [1.165, 1.54) is 30.0 Å². The van der Waals surface area contributed by atoms with Gasteiger partial charge >= 0.3 is 0 Å². The lowest BCUT2D eigenvalue weighted by atomic mass is 9.97. The second-order valence-electron chi connectivity index (χ2n) is 4.46. The molecule has 16 heavy (non-hydrogen) atoms. The van der Waals surface area contributed by atoms with E-state index in [2.05, 4.69) is 45.7 Å². The lowest BCUT2D eigenvalue weighted by molar-refractivity contribution is 0.483. The molecule has 1 aliphatic rings. The van der Waals surface area contributed by atoms with Crippen LogP contribution >= 0.6 is 11.8 Å². The van der Waals surface area contributed by atoms with E-state index in [1.807, 2.05) is 6.07 Å². The van der Waals surface area contributed by atoms with Crippen molar-refractivity contribution >= 4 is 17.4 Å². The number of fused-ring (bicyclic) bond motifs is 1. The highest BCUT2D eigenvalue weighted by Gasteiger charge is 2.15. The highest BCUT2D eigenvalue weighted by molar-refractivity contribution is 7.99. The molecule has 0 amide bonds. The van der Waals surface area contributed by atoms with Crippen LogP contribution in [0.1, 0.15) is 18.5 Å². The Balaban J connectivity index is 1.78. The van der Waals surface area contributed by atoms with Crippen LogP contribution in [0.2, 0.25) is 0 Å². The van der Waals surface area contributed by atoms with Gasteiger partial charge in [0.1, 0.15) is 5.65 Å². The Morgan fingerprint density at radius 2 is 2.19 bits per heavy atom. The van der Waals surface area contributed by atoms with Crippen LogP contribution in [-0.2, 0) is 6.42 Å². The maximum absolute atomic E-state index is 4.66. The lowest BCUT2D eigenvalue weighted by Gasteiger charge is -2.19. The number of hydrogen-bond acceptors (Lipinski definition) is 2. The van der Waals surface area contributed by atoms with Gasteiger partial charge in [0, 0.05) is 12.4 Å². The maximum Gasteiger partial charge on any atom is 0.136 e. The van der Waals surface area contributed by atoms with Gasteiger partial charge in [0.05, 0.1) is 5.69 Å². The van der Waals surface area contributed by atoms with Crippen molar-refractivity contribution in [2.24, 2.45) is 5.92 Å². The van der Waals surface area contributed by atoms with Crippen LogP contribution in [-0.4, -0.2) is 20.9 Å². The summed E-state index contributed by atoms with van der Waals surface area (Å²) < 4.78 is 2.12. The minimum atomic E-state index is 0.853. The lowest BCUT2D eigenvalue weighted by Crippen LogP contribution is -2.12. The molecule has 0 atom stereocenters. The molecule has 3 heterocycles. The quantitative estimate of drug-likeness (QED) is 0.792. The summed E-state index contributed by atoms with van der Waals surface area (Å²) in [4.78, 5) is 4.66. The van der Waals surface area contributed by atoms with Crippen LogP contribution in [0.15, 0.2) is 30.6 Å². The molecule has 2 aromatic heterocycles. The van der Waals surface area contributed by atoms with Crippen molar-refractivity contribution in [3.63, 3.8) is 0 Å². The average Bonchev–Trinajstić information content (AvgIpc) is 2.72. The highest BCUT2D eigenvalue weighted by Crippen LogP contribution is 2.25. The summed E-state index contributed by atoms with van der Waals surface area (Å²) >= 11 is 2.09. The number of thioether (sulfide) groups is 1. The summed E-state index contributed by atoms with van der Waals surface area (Å²) in [5.74, 6) is 3.52. The molecule has 2 aromatic rings. The zero-order chi connectivity index (χ0) is 10.8. The predicted molar refractivity (Wildman–Crippen MR) is 68.9 cm³/mol. The van der Waals surface area contributed by atoms with Gasteiger partial charge in [-0.15, -0.1) is 0 Å². The molecule has 1 fully saturated rings. The Hall–Kier alpha value is -0.960. The van der Waals surface area contributed by atoms with E-state index in [4.69, 9.17) is 0 Å². The maximum atomic E-state index is 4.66. The van der Waals surface area contributed by atoms with E-state index in [-0.39, 0.29) is 0 Å². The van der Waals surface area contributed by atoms with E-state index in [1.54, 1.807) is 0 Å². The number of rotatable bonds is 2. The van der Waals surface area contributed by atoms with Crippen molar-refractivity contribution in [2.75, 3.05) is 11.5 Å². The van der Waals surface area contributed by atoms with Crippen molar-refractivity contribution in [3.8, 4) is 0 Å². The Kier molecular flexibility index (Phi) is 2.87. The van der Waals surface area contributed by atoms with Crippen molar-refractivity contribution in [1.29, 1.82) is 0 Å². The predicted octanol–water partition coefficient (Wildman–Crippen LogP) is 3.02. The second-order valence-corrected chi connectivity index (χ2v) is 5.68. The van der Waals surface area contributed by atoms with E-state index >= 15 is 0 Å². The Bertz CT molecular complexity index is 438. The summed E-state index contributed by atoms with van der Waals surface area (Å²) in [5.41, 5.74) is 2.32. The summed E-state index contributed by atoms with van der Waals surface area (Å²) in [6.07, 6.45) is 8.12. The van der Waals surface area contributed by atoms with Gasteiger partial charge in [-0.1, -0.05) is 6.07 Å². The fraction of sp³-hybridized carbons (Fsp3) is 0.462. The van der Waals surface area contributed by atoms with Crippen LogP contribution in [0.4, 0.5) is 0 Å². The van der Waals surface area contributed by atoms with Gasteiger partial charge < -0.3 is 4.40 Å². The van der Waals surface area contributed by atoms with Gasteiger partial charge in [0.2, 0.25) is 0 Å². The number of aromatic nitrogens is 2. The molecule has 1 aliphatic heterocycles. The third kappa shape index (κ3) is 2.09. The number of pyridine rings is 1. The molecule has 0 bridgehead atoms. The van der Waals surface area contributed by atoms with Crippen LogP contribution in [0.3, 0.4) is 0 Å². The number of nitrogens with zero attached hydrogens (tertiary/aromatic N) is 2. The highest BCUT2D eigenvalue weighted by atomic mass is 32.2. The molecule has 84 valence electrons. The molecule has 0 saturated carbocycles. The zero-order valence-electron chi connectivity index (χ0n) is 9.30. The van der Waals surface area contributed by atoms with Gasteiger partial charge in [-0.05, 0) is 48.8 Å². The van der Waals surface area contributed by atoms with Gasteiger partial charge in [0.25, 0.3) is 0 Å². The van der Waals surface area contributed by atoms with Gasteiger partial charge in [-0.3, -0.25) is 0 Å². The third-order valence-electron chi connectivity index (χ3n) is 3.25. The summed E-state index contributed by atoms with van der Waals surface area (Å²) in [7, 11) is 0. The fourth-order valence-electron chi connectivity index (χ4n) is 2.33. The number of hydrogen-bond donors (Lipinski definition) is 0. The first kappa shape index (κ1) is 10.2. The molecule has 1 saturated heterocycles. The summed E-state index contributed by atoms with van der Waals surface area (Å²) in [6.45, 7) is 0. The monoisotopic (exact) mass is 232 g/mol. The first-order chi connectivity index (χ1) is 7.92. The average molecular weight is 232 g/mol. The number of imidazole rings is 1. The molecule has 0 N–H and O–H groups in total. The first-order valence-electron chi connectivity index (χ1n) is 5.92. The normalized spacial score (nSPS) is 18.0. The molecular weight excluding hydrogens is 216 g/mol. The minimum absolute atomic E-state index is 0.853. The Labute approximate surface area is 100 Å². The van der Waals surface area contributed by atoms with Gasteiger partial charge in [0.15, 0.2) is 0 Å². The molecule has 2 nitrogen and oxygen atoms in total. The fourth-order valence-corrected chi connectivity index (χ4v) is 3.54. The Morgan fingerprint density at radius 3 is 3.00 bits per heavy atom. The summed E-state index contributed by atoms with van der Waals surface area (Å²) in [5, 5.41) is 0. The molecule has 0 aromatic carbocycles. The van der Waals surface area contributed by atoms with Gasteiger partial charge in [-0.2, -0.15) is 11.8 Å². The smallest absolute Gasteiger partial charge is 0.136 e. The molecule has 0 unspecified atom stereocenters. The van der Waals surface area contributed by atoms with E-state index in [0.29, 0.717) is 0 Å². The topological polar surface area (TPSA) is 17.3 Å². The van der Waals surface area contributed by atoms with Crippen molar-refractivity contribution in [2.45, 2.75) is 19.3 Å². The van der Waals surface area contributed by atoms with E-state index in [0.717, 1.165) is 18.0 Å². The SMILES string of the molecule is c1ccn2cc(CC3CCSCC3)nc2c1. The minimum Gasteiger partial charge on any atom is -0.307 e. The standard InChI is InChI=1S/C13H16N2S/c1-2-6-15-10-12(14-13(15)3-1)9-11-4-7-16-8-5-11/h1-3,6,10-11H,4-5,7-9H2. The van der Waals surface area contributed by atoms with Gasteiger partial charge in [-0.25, -0.2) is 4.98 Å². The molecule has 0 radical (unpaired) electrons. The second kappa shape index (κ2) is 4.50. The molecule has 3 rings (SSSR count). The Morgan fingerprint density at radius 1 is 1.31 bits per heavy atom. The zero-order valence-corrected chi connectivity index (χ0v) is 10.1. The van der Waals surface area contributed by atoms with Crippen LogP contribution in [0.25, 0.3) is 5.65 Å². The van der Waals surface area contributed by atoms with E-state index < -0.39 is 0 Å². The largest absolute Gasteiger partial charge is 0.307 e. The first-order valence-corrected chi connectivity index (χ1v) is 7.07. The van der Waals surface area contributed by atoms with Crippen molar-refractivity contribution in [3.05, 3.63) is 36.3 Å². The van der Waals surface area contributed by atoms with Crippen LogP contribution in [0, 0.1) is 5.92 Å². The third-order valence-corrected chi connectivity index (χ3v) is 4.30. The van der Waals surface area contributed by atoms with E-state index in [9.17, 15) is 0 Å². The molecule has 3 heteroatoms. The summed E-state index contributed by atoms with van der Waals surface area (Å²) in [6, 6.07) is 6.17. The molecule has 0 aliphatic carbocycles. The van der Waals surface area contributed by atoms with Crippen LogP contribution < -0.4 is 0 Å². The van der Waals surface area contributed by atoms with Crippen LogP contribution in [0.5, 0.6) is 0 Å². The van der Waals surface area contributed by atoms with Crippen molar-refractivity contribution < 1.29 is 0 Å². The molecular formula is C13H16N2S. The molecule has 0 spiro atoms. The van der Waals surface area contributed by atoms with Crippen molar-refractivity contribution in [1.82, 2.24) is 9.38 Å².